The molecule has 1 aliphatic rings. The second-order valence-electron chi connectivity index (χ2n) is 6.58. The second kappa shape index (κ2) is 6.84. The number of aryl methyl sites for hydroxylation is 2. The van der Waals surface area contributed by atoms with Gasteiger partial charge in [0.05, 0.1) is 29.8 Å². The smallest absolute Gasteiger partial charge is 0.256 e. The van der Waals surface area contributed by atoms with Crippen LogP contribution in [0.4, 0.5) is 11.6 Å². The van der Waals surface area contributed by atoms with E-state index in [-0.39, 0.29) is 5.91 Å². The zero-order valence-electron chi connectivity index (χ0n) is 16.1. The molecule has 0 spiro atoms. The molecule has 3 aromatic rings. The van der Waals surface area contributed by atoms with Crippen LogP contribution in [0.2, 0.25) is 0 Å². The van der Waals surface area contributed by atoms with Crippen LogP contribution in [0.25, 0.3) is 0 Å². The van der Waals surface area contributed by atoms with E-state index in [2.05, 4.69) is 25.8 Å². The molecule has 2 aromatic heterocycles. The standard InChI is InChI=1S/C19H21N7O2/c1-11-9-14(25(3)24-11)17-16(12(2)22-19-20-10-21-26(17)19)18(27)23-13-7-5-6-8-15(13)28-4/h5-10,17H,1-4H3,(H,23,27)(H,20,21,22)/t17-/m0/s1. The molecule has 4 rings (SSSR count). The van der Waals surface area contributed by atoms with Gasteiger partial charge in [-0.25, -0.2) is 4.68 Å². The zero-order valence-corrected chi connectivity index (χ0v) is 16.1. The zero-order chi connectivity index (χ0) is 19.8. The highest BCUT2D eigenvalue weighted by Crippen LogP contribution is 2.35. The number of nitrogens with zero attached hydrogens (tertiary/aromatic N) is 5. The highest BCUT2D eigenvalue weighted by atomic mass is 16.5. The predicted molar refractivity (Wildman–Crippen MR) is 104 cm³/mol. The third kappa shape index (κ3) is 2.90. The number of carbonyl (C=O) groups is 1. The third-order valence-corrected chi connectivity index (χ3v) is 4.71. The number of benzene rings is 1. The molecule has 1 atom stereocenters. The van der Waals surface area contributed by atoms with Gasteiger partial charge in [0.2, 0.25) is 5.95 Å². The first kappa shape index (κ1) is 17.8. The topological polar surface area (TPSA) is 98.9 Å². The first-order valence-electron chi connectivity index (χ1n) is 8.81. The summed E-state index contributed by atoms with van der Waals surface area (Å²) in [6.45, 7) is 3.77. The van der Waals surface area contributed by atoms with Crippen LogP contribution >= 0.6 is 0 Å². The molecule has 144 valence electrons. The van der Waals surface area contributed by atoms with E-state index in [0.29, 0.717) is 28.7 Å². The maximum absolute atomic E-state index is 13.3. The minimum Gasteiger partial charge on any atom is -0.495 e. The Morgan fingerprint density at radius 1 is 1.29 bits per heavy atom. The Morgan fingerprint density at radius 2 is 2.07 bits per heavy atom. The van der Waals surface area contributed by atoms with Crippen LogP contribution in [0.1, 0.15) is 24.4 Å². The van der Waals surface area contributed by atoms with Gasteiger partial charge in [-0.1, -0.05) is 12.1 Å². The van der Waals surface area contributed by atoms with Crippen molar-refractivity contribution in [2.24, 2.45) is 7.05 Å². The molecule has 1 aliphatic heterocycles. The fraction of sp³-hybridized carbons (Fsp3) is 0.263. The molecule has 0 saturated carbocycles. The Labute approximate surface area is 162 Å². The number of anilines is 2. The molecule has 1 amide bonds. The van der Waals surface area contributed by atoms with Crippen LogP contribution in [-0.4, -0.2) is 37.6 Å². The van der Waals surface area contributed by atoms with Gasteiger partial charge in [-0.15, -0.1) is 0 Å². The van der Waals surface area contributed by atoms with Crippen LogP contribution in [0.3, 0.4) is 0 Å². The van der Waals surface area contributed by atoms with E-state index in [1.54, 1.807) is 28.6 Å². The summed E-state index contributed by atoms with van der Waals surface area (Å²) in [6, 6.07) is 8.78. The number of methoxy groups -OCH3 is 1. The van der Waals surface area contributed by atoms with Gasteiger partial charge in [0.15, 0.2) is 0 Å². The minimum atomic E-state index is -0.459. The van der Waals surface area contributed by atoms with Crippen LogP contribution < -0.4 is 15.4 Å². The number of carbonyl (C=O) groups excluding carboxylic acids is 1. The summed E-state index contributed by atoms with van der Waals surface area (Å²) in [4.78, 5) is 17.6. The summed E-state index contributed by atoms with van der Waals surface area (Å²) < 4.78 is 8.81. The van der Waals surface area contributed by atoms with Crippen molar-refractivity contribution >= 4 is 17.5 Å². The van der Waals surface area contributed by atoms with E-state index >= 15 is 0 Å². The summed E-state index contributed by atoms with van der Waals surface area (Å²) in [6.07, 6.45) is 1.47. The highest BCUT2D eigenvalue weighted by Gasteiger charge is 2.35. The van der Waals surface area contributed by atoms with Gasteiger partial charge >= 0.3 is 0 Å². The summed E-state index contributed by atoms with van der Waals surface area (Å²) >= 11 is 0. The number of aromatic nitrogens is 5. The summed E-state index contributed by atoms with van der Waals surface area (Å²) in [5.41, 5.74) is 3.54. The lowest BCUT2D eigenvalue weighted by atomic mass is 9.98. The van der Waals surface area contributed by atoms with Gasteiger partial charge in [0, 0.05) is 12.7 Å². The Kier molecular flexibility index (Phi) is 4.34. The lowest BCUT2D eigenvalue weighted by Crippen LogP contribution is -2.32. The molecule has 0 fully saturated rings. The van der Waals surface area contributed by atoms with E-state index in [9.17, 15) is 4.79 Å². The van der Waals surface area contributed by atoms with Gasteiger partial charge in [-0.05, 0) is 32.0 Å². The minimum absolute atomic E-state index is 0.250. The predicted octanol–water partition coefficient (Wildman–Crippen LogP) is 2.26. The molecular weight excluding hydrogens is 358 g/mol. The average Bonchev–Trinajstić information content (AvgIpc) is 3.26. The molecular formula is C19H21N7O2. The van der Waals surface area contributed by atoms with Crippen LogP contribution in [-0.2, 0) is 11.8 Å². The van der Waals surface area contributed by atoms with Gasteiger partial charge < -0.3 is 15.4 Å². The maximum Gasteiger partial charge on any atom is 0.256 e. The van der Waals surface area contributed by atoms with Crippen molar-refractivity contribution in [1.29, 1.82) is 0 Å². The van der Waals surface area contributed by atoms with E-state index in [1.807, 2.05) is 39.1 Å². The molecule has 0 bridgehead atoms. The van der Waals surface area contributed by atoms with E-state index < -0.39 is 6.04 Å². The Hall–Kier alpha value is -3.62. The third-order valence-electron chi connectivity index (χ3n) is 4.71. The normalized spacial score (nSPS) is 15.8. The Bertz CT molecular complexity index is 1080. The molecule has 0 aliphatic carbocycles. The molecule has 0 unspecified atom stereocenters. The molecule has 1 aromatic carbocycles. The average molecular weight is 379 g/mol. The fourth-order valence-corrected chi connectivity index (χ4v) is 3.48. The van der Waals surface area contributed by atoms with Gasteiger partial charge in [0.1, 0.15) is 18.1 Å². The molecule has 0 saturated heterocycles. The highest BCUT2D eigenvalue weighted by molar-refractivity contribution is 6.06. The number of ether oxygens (including phenoxy) is 1. The number of rotatable bonds is 4. The molecule has 3 heterocycles. The number of fused-ring (bicyclic) bond motifs is 1. The summed E-state index contributed by atoms with van der Waals surface area (Å²) in [7, 11) is 3.42. The first-order chi connectivity index (χ1) is 13.5. The first-order valence-corrected chi connectivity index (χ1v) is 8.81. The molecule has 28 heavy (non-hydrogen) atoms. The molecule has 2 N–H and O–H groups in total. The van der Waals surface area contributed by atoms with Crippen molar-refractivity contribution in [3.63, 3.8) is 0 Å². The van der Waals surface area contributed by atoms with Crippen molar-refractivity contribution in [3.8, 4) is 5.75 Å². The number of hydrogen-bond acceptors (Lipinski definition) is 6. The molecule has 9 heteroatoms. The van der Waals surface area contributed by atoms with Gasteiger partial charge in [0.25, 0.3) is 5.91 Å². The van der Waals surface area contributed by atoms with E-state index in [1.165, 1.54) is 6.33 Å². The number of nitrogens with one attached hydrogen (secondary N) is 2. The van der Waals surface area contributed by atoms with Crippen LogP contribution in [0, 0.1) is 6.92 Å². The lowest BCUT2D eigenvalue weighted by Gasteiger charge is -2.28. The Morgan fingerprint density at radius 3 is 2.79 bits per heavy atom. The molecule has 9 nitrogen and oxygen atoms in total. The monoisotopic (exact) mass is 379 g/mol. The van der Waals surface area contributed by atoms with Crippen LogP contribution in [0.5, 0.6) is 5.75 Å². The van der Waals surface area contributed by atoms with Crippen molar-refractivity contribution in [3.05, 3.63) is 59.3 Å². The van der Waals surface area contributed by atoms with Crippen molar-refractivity contribution in [1.82, 2.24) is 24.5 Å². The largest absolute Gasteiger partial charge is 0.495 e. The lowest BCUT2D eigenvalue weighted by molar-refractivity contribution is -0.113. The second-order valence-corrected chi connectivity index (χ2v) is 6.58. The van der Waals surface area contributed by atoms with Gasteiger partial charge in [-0.2, -0.15) is 15.2 Å². The summed E-state index contributed by atoms with van der Waals surface area (Å²) in [5, 5.41) is 14.9. The number of allylic oxidation sites excluding steroid dienone is 1. The van der Waals surface area contributed by atoms with E-state index in [4.69, 9.17) is 4.74 Å². The van der Waals surface area contributed by atoms with Crippen LogP contribution in [0.15, 0.2) is 47.9 Å². The number of amides is 1. The molecule has 0 radical (unpaired) electrons. The summed E-state index contributed by atoms with van der Waals surface area (Å²) in [5.74, 6) is 0.918. The Balaban J connectivity index is 1.79. The van der Waals surface area contributed by atoms with Crippen molar-refractivity contribution < 1.29 is 9.53 Å². The fourth-order valence-electron chi connectivity index (χ4n) is 3.48. The van der Waals surface area contributed by atoms with Gasteiger partial charge in [-0.3, -0.25) is 9.48 Å². The number of para-hydroxylation sites is 2. The number of hydrogen-bond donors (Lipinski definition) is 2. The quantitative estimate of drug-likeness (QED) is 0.721. The SMILES string of the molecule is COc1ccccc1NC(=O)C1=C(C)Nc2ncnn2[C@H]1c1cc(C)nn1C. The van der Waals surface area contributed by atoms with Crippen molar-refractivity contribution in [2.75, 3.05) is 17.7 Å². The maximum atomic E-state index is 13.3. The van der Waals surface area contributed by atoms with E-state index in [0.717, 1.165) is 11.4 Å². The van der Waals surface area contributed by atoms with Crippen molar-refractivity contribution in [2.45, 2.75) is 19.9 Å².